The molecule has 16 heavy (non-hydrogen) atoms. The van der Waals surface area contributed by atoms with Gasteiger partial charge in [0, 0.05) is 18.0 Å². The molecule has 1 aromatic heterocycles. The number of rotatable bonds is 3. The molecule has 82 valence electrons. The summed E-state index contributed by atoms with van der Waals surface area (Å²) in [4.78, 5) is 18.9. The van der Waals surface area contributed by atoms with Crippen LogP contribution in [0.3, 0.4) is 0 Å². The van der Waals surface area contributed by atoms with Crippen molar-refractivity contribution in [3.63, 3.8) is 0 Å². The number of ketones is 1. The molecule has 3 heteroatoms. The Kier molecular flexibility index (Phi) is 2.86. The highest BCUT2D eigenvalue weighted by atomic mass is 16.1. The number of aromatic amines is 1. The maximum absolute atomic E-state index is 11.9. The monoisotopic (exact) mass is 214 g/mol. The fourth-order valence-corrected chi connectivity index (χ4v) is 1.56. The van der Waals surface area contributed by atoms with Gasteiger partial charge < -0.3 is 4.98 Å². The van der Waals surface area contributed by atoms with Gasteiger partial charge in [0.05, 0.1) is 6.42 Å². The molecule has 0 bridgehead atoms. The number of aryl methyl sites for hydroxylation is 2. The van der Waals surface area contributed by atoms with Crippen LogP contribution in [-0.2, 0) is 6.42 Å². The van der Waals surface area contributed by atoms with Gasteiger partial charge in [-0.25, -0.2) is 4.98 Å². The zero-order valence-corrected chi connectivity index (χ0v) is 9.45. The maximum atomic E-state index is 11.9. The van der Waals surface area contributed by atoms with E-state index in [2.05, 4.69) is 9.97 Å². The van der Waals surface area contributed by atoms with Crippen LogP contribution in [0.2, 0.25) is 0 Å². The lowest BCUT2D eigenvalue weighted by Crippen LogP contribution is -2.05. The standard InChI is InChI=1S/C13H14N2O/c1-9-3-4-11(7-10(9)2)12(16)8-13-14-5-6-15-13/h3-7H,8H2,1-2H3,(H,14,15). The van der Waals surface area contributed by atoms with Crippen LogP contribution < -0.4 is 0 Å². The number of carbonyl (C=O) groups excluding carboxylic acids is 1. The minimum atomic E-state index is 0.0954. The zero-order valence-electron chi connectivity index (χ0n) is 9.45. The number of nitrogens with zero attached hydrogens (tertiary/aromatic N) is 1. The van der Waals surface area contributed by atoms with Crippen LogP contribution in [0.25, 0.3) is 0 Å². The number of nitrogens with one attached hydrogen (secondary N) is 1. The third-order valence-electron chi connectivity index (χ3n) is 2.71. The lowest BCUT2D eigenvalue weighted by Gasteiger charge is -2.03. The van der Waals surface area contributed by atoms with Crippen molar-refractivity contribution in [1.29, 1.82) is 0 Å². The molecular weight excluding hydrogens is 200 g/mol. The van der Waals surface area contributed by atoms with Gasteiger partial charge >= 0.3 is 0 Å². The number of benzene rings is 1. The Morgan fingerprint density at radius 2 is 2.12 bits per heavy atom. The molecule has 2 rings (SSSR count). The second-order valence-corrected chi connectivity index (χ2v) is 3.93. The quantitative estimate of drug-likeness (QED) is 0.798. The van der Waals surface area contributed by atoms with E-state index in [4.69, 9.17) is 0 Å². The molecule has 0 unspecified atom stereocenters. The van der Waals surface area contributed by atoms with Gasteiger partial charge in [0.15, 0.2) is 5.78 Å². The molecule has 3 nitrogen and oxygen atoms in total. The Morgan fingerprint density at radius 1 is 1.31 bits per heavy atom. The first-order chi connectivity index (χ1) is 7.66. The molecule has 0 saturated carbocycles. The average molecular weight is 214 g/mol. The third kappa shape index (κ3) is 2.19. The van der Waals surface area contributed by atoms with Crippen molar-refractivity contribution < 1.29 is 4.79 Å². The predicted octanol–water partition coefficient (Wildman–Crippen LogP) is 2.45. The van der Waals surface area contributed by atoms with Gasteiger partial charge in [-0.2, -0.15) is 0 Å². The molecule has 0 aliphatic heterocycles. The Labute approximate surface area is 94.5 Å². The van der Waals surface area contributed by atoms with E-state index in [1.165, 1.54) is 5.56 Å². The highest BCUT2D eigenvalue weighted by molar-refractivity contribution is 5.97. The third-order valence-corrected chi connectivity index (χ3v) is 2.71. The molecule has 0 fully saturated rings. The first-order valence-electron chi connectivity index (χ1n) is 5.25. The summed E-state index contributed by atoms with van der Waals surface area (Å²) in [6.07, 6.45) is 3.71. The van der Waals surface area contributed by atoms with E-state index >= 15 is 0 Å². The van der Waals surface area contributed by atoms with Crippen LogP contribution in [0, 0.1) is 13.8 Å². The van der Waals surface area contributed by atoms with Gasteiger partial charge in [0.2, 0.25) is 0 Å². The second kappa shape index (κ2) is 4.31. The molecule has 0 amide bonds. The predicted molar refractivity (Wildman–Crippen MR) is 62.5 cm³/mol. The van der Waals surface area contributed by atoms with Crippen LogP contribution in [0.5, 0.6) is 0 Å². The summed E-state index contributed by atoms with van der Waals surface area (Å²) in [6.45, 7) is 4.05. The van der Waals surface area contributed by atoms with E-state index in [0.29, 0.717) is 12.2 Å². The van der Waals surface area contributed by atoms with E-state index in [0.717, 1.165) is 11.1 Å². The Balaban J connectivity index is 2.18. The van der Waals surface area contributed by atoms with Crippen LogP contribution in [0.1, 0.15) is 27.3 Å². The second-order valence-electron chi connectivity index (χ2n) is 3.93. The topological polar surface area (TPSA) is 45.8 Å². The summed E-state index contributed by atoms with van der Waals surface area (Å²) in [5.41, 5.74) is 3.10. The van der Waals surface area contributed by atoms with Crippen molar-refractivity contribution in [2.45, 2.75) is 20.3 Å². The minimum Gasteiger partial charge on any atom is -0.348 e. The first-order valence-corrected chi connectivity index (χ1v) is 5.25. The minimum absolute atomic E-state index is 0.0954. The van der Waals surface area contributed by atoms with E-state index in [1.807, 2.05) is 32.0 Å². The van der Waals surface area contributed by atoms with E-state index in [9.17, 15) is 4.79 Å². The number of H-pyrrole nitrogens is 1. The van der Waals surface area contributed by atoms with Crippen molar-refractivity contribution in [3.8, 4) is 0 Å². The van der Waals surface area contributed by atoms with Gasteiger partial charge in [-0.1, -0.05) is 12.1 Å². The summed E-state index contributed by atoms with van der Waals surface area (Å²) >= 11 is 0. The van der Waals surface area contributed by atoms with Crippen molar-refractivity contribution in [2.24, 2.45) is 0 Å². The average Bonchev–Trinajstić information content (AvgIpc) is 2.74. The van der Waals surface area contributed by atoms with Crippen LogP contribution in [0.4, 0.5) is 0 Å². The molecule has 0 radical (unpaired) electrons. The number of carbonyl (C=O) groups is 1. The molecule has 1 N–H and O–H groups in total. The Morgan fingerprint density at radius 3 is 2.75 bits per heavy atom. The van der Waals surface area contributed by atoms with Gasteiger partial charge in [0.1, 0.15) is 5.82 Å². The van der Waals surface area contributed by atoms with Crippen LogP contribution in [0.15, 0.2) is 30.6 Å². The van der Waals surface area contributed by atoms with Crippen molar-refractivity contribution in [2.75, 3.05) is 0 Å². The summed E-state index contributed by atoms with van der Waals surface area (Å²) < 4.78 is 0. The molecular formula is C13H14N2O. The first kappa shape index (κ1) is 10.6. The van der Waals surface area contributed by atoms with Crippen LogP contribution in [-0.4, -0.2) is 15.8 Å². The number of hydrogen-bond acceptors (Lipinski definition) is 2. The summed E-state index contributed by atoms with van der Waals surface area (Å²) in [5.74, 6) is 0.807. The maximum Gasteiger partial charge on any atom is 0.170 e. The SMILES string of the molecule is Cc1ccc(C(=O)Cc2ncc[nH]2)cc1C. The smallest absolute Gasteiger partial charge is 0.170 e. The molecule has 0 atom stereocenters. The largest absolute Gasteiger partial charge is 0.348 e. The van der Waals surface area contributed by atoms with E-state index < -0.39 is 0 Å². The number of Topliss-reactive ketones (excluding diaryl/α,β-unsaturated/α-hetero) is 1. The van der Waals surface area contributed by atoms with Gasteiger partial charge in [-0.15, -0.1) is 0 Å². The fraction of sp³-hybridized carbons (Fsp3) is 0.231. The van der Waals surface area contributed by atoms with Gasteiger partial charge in [0.25, 0.3) is 0 Å². The van der Waals surface area contributed by atoms with E-state index in [-0.39, 0.29) is 5.78 Å². The van der Waals surface area contributed by atoms with E-state index in [1.54, 1.807) is 12.4 Å². The number of aromatic nitrogens is 2. The number of imidazole rings is 1. The normalized spacial score (nSPS) is 10.4. The number of hydrogen-bond donors (Lipinski definition) is 1. The fourth-order valence-electron chi connectivity index (χ4n) is 1.56. The van der Waals surface area contributed by atoms with Gasteiger partial charge in [-0.05, 0) is 31.0 Å². The molecule has 0 saturated heterocycles. The van der Waals surface area contributed by atoms with Gasteiger partial charge in [-0.3, -0.25) is 4.79 Å². The lowest BCUT2D eigenvalue weighted by atomic mass is 10.0. The molecule has 0 aliphatic carbocycles. The molecule has 0 spiro atoms. The molecule has 1 heterocycles. The molecule has 2 aromatic rings. The molecule has 0 aliphatic rings. The van der Waals surface area contributed by atoms with Crippen molar-refractivity contribution in [3.05, 3.63) is 53.1 Å². The highest BCUT2D eigenvalue weighted by Gasteiger charge is 2.09. The van der Waals surface area contributed by atoms with Crippen molar-refractivity contribution >= 4 is 5.78 Å². The lowest BCUT2D eigenvalue weighted by molar-refractivity contribution is 0.0991. The molecule has 1 aromatic carbocycles. The zero-order chi connectivity index (χ0) is 11.5. The van der Waals surface area contributed by atoms with Crippen LogP contribution >= 0.6 is 0 Å². The summed E-state index contributed by atoms with van der Waals surface area (Å²) in [6, 6.07) is 5.78. The summed E-state index contributed by atoms with van der Waals surface area (Å²) in [5, 5.41) is 0. The highest BCUT2D eigenvalue weighted by Crippen LogP contribution is 2.11. The summed E-state index contributed by atoms with van der Waals surface area (Å²) in [7, 11) is 0. The Hall–Kier alpha value is -1.90. The Bertz CT molecular complexity index is 501. The van der Waals surface area contributed by atoms with Crippen molar-refractivity contribution in [1.82, 2.24) is 9.97 Å².